The zero-order valence-corrected chi connectivity index (χ0v) is 16.2. The monoisotopic (exact) mass is 427 g/mol. The van der Waals surface area contributed by atoms with Gasteiger partial charge in [-0.15, -0.1) is 0 Å². The molecule has 1 fully saturated rings. The van der Waals surface area contributed by atoms with E-state index in [-0.39, 0.29) is 11.0 Å². The molecule has 5 rings (SSSR count). The molecule has 1 aliphatic heterocycles. The summed E-state index contributed by atoms with van der Waals surface area (Å²) < 4.78 is 6.48. The third-order valence-corrected chi connectivity index (χ3v) is 5.82. The highest BCUT2D eigenvalue weighted by Crippen LogP contribution is 2.37. The van der Waals surface area contributed by atoms with E-state index in [1.165, 1.54) is 6.26 Å². The first-order valence-corrected chi connectivity index (χ1v) is 9.92. The molecule has 0 spiro atoms. The van der Waals surface area contributed by atoms with Gasteiger partial charge in [-0.1, -0.05) is 15.9 Å². The summed E-state index contributed by atoms with van der Waals surface area (Å²) in [6, 6.07) is 5.41. The number of fused-ring (bicyclic) bond motifs is 2. The van der Waals surface area contributed by atoms with Gasteiger partial charge in [-0.25, -0.2) is 4.98 Å². The molecule has 0 unspecified atom stereocenters. The molecule has 138 valence electrons. The zero-order valence-electron chi connectivity index (χ0n) is 14.6. The van der Waals surface area contributed by atoms with Crippen LogP contribution in [0.2, 0.25) is 0 Å². The molecule has 1 saturated carbocycles. The number of H-pyrrole nitrogens is 1. The molecule has 3 heterocycles. The van der Waals surface area contributed by atoms with Crippen molar-refractivity contribution in [2.45, 2.75) is 38.3 Å². The van der Waals surface area contributed by atoms with Crippen LogP contribution in [-0.4, -0.2) is 21.4 Å². The summed E-state index contributed by atoms with van der Waals surface area (Å²) in [6.45, 7) is 1.72. The molecule has 0 saturated heterocycles. The Kier molecular flexibility index (Phi) is 4.02. The van der Waals surface area contributed by atoms with E-state index in [4.69, 9.17) is 4.42 Å². The second-order valence-corrected chi connectivity index (χ2v) is 8.26. The number of hydrogen-bond acceptors (Lipinski definition) is 5. The Morgan fingerprint density at radius 1 is 1.30 bits per heavy atom. The highest BCUT2D eigenvalue weighted by atomic mass is 79.9. The van der Waals surface area contributed by atoms with Crippen LogP contribution in [0.1, 0.15) is 41.4 Å². The Hall–Kier alpha value is -2.25. The van der Waals surface area contributed by atoms with Crippen LogP contribution >= 0.6 is 15.9 Å². The summed E-state index contributed by atoms with van der Waals surface area (Å²) in [7, 11) is 0. The number of benzene rings is 1. The first-order chi connectivity index (χ1) is 13.1. The van der Waals surface area contributed by atoms with E-state index < -0.39 is 0 Å². The molecule has 0 atom stereocenters. The molecule has 0 radical (unpaired) electrons. The molecule has 1 aromatic carbocycles. The van der Waals surface area contributed by atoms with Gasteiger partial charge >= 0.3 is 0 Å². The summed E-state index contributed by atoms with van der Waals surface area (Å²) >= 11 is 3.40. The fraction of sp³-hybridized carbons (Fsp3) is 0.350. The zero-order chi connectivity index (χ0) is 18.5. The van der Waals surface area contributed by atoms with Crippen LogP contribution < -0.4 is 11.0 Å². The maximum absolute atomic E-state index is 12.8. The smallest absolute Gasteiger partial charge is 0.255 e. The van der Waals surface area contributed by atoms with Gasteiger partial charge in [0.25, 0.3) is 5.56 Å². The van der Waals surface area contributed by atoms with Crippen molar-refractivity contribution in [3.05, 3.63) is 72.2 Å². The van der Waals surface area contributed by atoms with E-state index in [0.29, 0.717) is 35.5 Å². The average Bonchev–Trinajstić information content (AvgIpc) is 3.50. The van der Waals surface area contributed by atoms with Gasteiger partial charge in [0.2, 0.25) is 0 Å². The van der Waals surface area contributed by atoms with E-state index in [0.717, 1.165) is 47.4 Å². The first-order valence-electron chi connectivity index (χ1n) is 9.13. The Bertz CT molecular complexity index is 1160. The summed E-state index contributed by atoms with van der Waals surface area (Å²) in [5, 5.41) is 0.563. The second-order valence-electron chi connectivity index (χ2n) is 7.34. The van der Waals surface area contributed by atoms with Crippen molar-refractivity contribution in [1.82, 2.24) is 14.9 Å². The van der Waals surface area contributed by atoms with Gasteiger partial charge in [-0.2, -0.15) is 0 Å². The van der Waals surface area contributed by atoms with Gasteiger partial charge in [-0.05, 0) is 31.0 Å². The summed E-state index contributed by atoms with van der Waals surface area (Å²) in [5.74, 6) is 1.27. The molecule has 27 heavy (non-hydrogen) atoms. The average molecular weight is 428 g/mol. The lowest BCUT2D eigenvalue weighted by atomic mass is 10.1. The minimum Gasteiger partial charge on any atom is -0.464 e. The Morgan fingerprint density at radius 3 is 2.96 bits per heavy atom. The van der Waals surface area contributed by atoms with E-state index in [2.05, 4.69) is 30.8 Å². The minimum atomic E-state index is -0.0407. The van der Waals surface area contributed by atoms with Crippen molar-refractivity contribution >= 4 is 26.9 Å². The lowest BCUT2D eigenvalue weighted by Crippen LogP contribution is -2.36. The Balaban J connectivity index is 1.43. The molecule has 0 bridgehead atoms. The molecule has 1 aliphatic carbocycles. The molecule has 2 aliphatic rings. The lowest BCUT2D eigenvalue weighted by Gasteiger charge is -2.27. The Labute approximate surface area is 163 Å². The van der Waals surface area contributed by atoms with Crippen LogP contribution in [0.3, 0.4) is 0 Å². The van der Waals surface area contributed by atoms with Crippen LogP contribution in [0, 0.1) is 0 Å². The maximum Gasteiger partial charge on any atom is 0.255 e. The molecule has 7 heteroatoms. The SMILES string of the molecule is O=c1[nH]c(C2CC2)nc2c1CN(Cc1coc3ccc(Br)cc3c1=O)CC2. The molecule has 1 N–H and O–H groups in total. The van der Waals surface area contributed by atoms with Crippen molar-refractivity contribution in [2.24, 2.45) is 0 Å². The summed E-state index contributed by atoms with van der Waals surface area (Å²) in [6.07, 6.45) is 4.49. The fourth-order valence-corrected chi connectivity index (χ4v) is 4.04. The van der Waals surface area contributed by atoms with Gasteiger partial charge in [0.1, 0.15) is 11.4 Å². The maximum atomic E-state index is 12.8. The van der Waals surface area contributed by atoms with Gasteiger partial charge in [0.15, 0.2) is 5.43 Å². The Morgan fingerprint density at radius 2 is 2.15 bits per heavy atom. The molecule has 0 amide bonds. The fourth-order valence-electron chi connectivity index (χ4n) is 3.68. The van der Waals surface area contributed by atoms with Gasteiger partial charge in [-0.3, -0.25) is 14.5 Å². The largest absolute Gasteiger partial charge is 0.464 e. The number of nitrogens with one attached hydrogen (secondary N) is 1. The standard InChI is InChI=1S/C20H18BrN3O3/c21-13-3-4-17-14(7-13)18(25)12(10-27-17)8-24-6-5-16-15(9-24)20(26)23-19(22-16)11-1-2-11/h3-4,7,10-11H,1-2,5-6,8-9H2,(H,22,23,26). The van der Waals surface area contributed by atoms with Crippen LogP contribution in [0.4, 0.5) is 0 Å². The van der Waals surface area contributed by atoms with E-state index >= 15 is 0 Å². The minimum absolute atomic E-state index is 0.0283. The number of aromatic amines is 1. The van der Waals surface area contributed by atoms with Crippen LogP contribution in [0.25, 0.3) is 11.0 Å². The van der Waals surface area contributed by atoms with Crippen LogP contribution in [0.15, 0.2) is 42.9 Å². The van der Waals surface area contributed by atoms with Crippen LogP contribution in [-0.2, 0) is 19.5 Å². The quantitative estimate of drug-likeness (QED) is 0.694. The first kappa shape index (κ1) is 16.9. The number of hydrogen-bond donors (Lipinski definition) is 1. The van der Waals surface area contributed by atoms with Crippen molar-refractivity contribution in [2.75, 3.05) is 6.54 Å². The molecule has 6 nitrogen and oxygen atoms in total. The summed E-state index contributed by atoms with van der Waals surface area (Å²) in [4.78, 5) is 35.0. The third-order valence-electron chi connectivity index (χ3n) is 5.33. The van der Waals surface area contributed by atoms with Gasteiger partial charge < -0.3 is 9.40 Å². The number of rotatable bonds is 3. The van der Waals surface area contributed by atoms with Crippen molar-refractivity contribution in [1.29, 1.82) is 0 Å². The summed E-state index contributed by atoms with van der Waals surface area (Å²) in [5.41, 5.74) is 2.73. The normalized spacial score (nSPS) is 17.2. The second kappa shape index (κ2) is 6.42. The highest BCUT2D eigenvalue weighted by molar-refractivity contribution is 9.10. The highest BCUT2D eigenvalue weighted by Gasteiger charge is 2.29. The molecule has 2 aromatic heterocycles. The third kappa shape index (κ3) is 3.15. The predicted octanol–water partition coefficient (Wildman–Crippen LogP) is 3.07. The number of aromatic nitrogens is 2. The van der Waals surface area contributed by atoms with Crippen LogP contribution in [0.5, 0.6) is 0 Å². The van der Waals surface area contributed by atoms with Crippen molar-refractivity contribution in [3.8, 4) is 0 Å². The molecular weight excluding hydrogens is 410 g/mol. The van der Waals surface area contributed by atoms with E-state index in [1.54, 1.807) is 12.1 Å². The molecular formula is C20H18BrN3O3. The topological polar surface area (TPSA) is 79.2 Å². The predicted molar refractivity (Wildman–Crippen MR) is 105 cm³/mol. The van der Waals surface area contributed by atoms with Gasteiger partial charge in [0, 0.05) is 42.0 Å². The van der Waals surface area contributed by atoms with Crippen molar-refractivity contribution < 1.29 is 4.42 Å². The number of halogens is 1. The number of nitrogens with zero attached hydrogens (tertiary/aromatic N) is 2. The van der Waals surface area contributed by atoms with Gasteiger partial charge in [0.05, 0.1) is 22.9 Å². The lowest BCUT2D eigenvalue weighted by molar-refractivity contribution is 0.239. The van der Waals surface area contributed by atoms with Crippen molar-refractivity contribution in [3.63, 3.8) is 0 Å². The van der Waals surface area contributed by atoms with E-state index in [1.807, 2.05) is 6.07 Å². The molecule has 3 aromatic rings. The van der Waals surface area contributed by atoms with E-state index in [9.17, 15) is 9.59 Å².